The van der Waals surface area contributed by atoms with Gasteiger partial charge in [-0.1, -0.05) is 42.5 Å². The highest BCUT2D eigenvalue weighted by Crippen LogP contribution is 2.28. The number of aryl methyl sites for hydroxylation is 3. The summed E-state index contributed by atoms with van der Waals surface area (Å²) < 4.78 is 0. The minimum Gasteiger partial charge on any atom is -0.321 e. The van der Waals surface area contributed by atoms with Crippen LogP contribution < -0.4 is 5.73 Å². The van der Waals surface area contributed by atoms with Gasteiger partial charge in [-0.05, 0) is 67.3 Å². The van der Waals surface area contributed by atoms with Crippen LogP contribution in [0.4, 0.5) is 0 Å². The molecular formula is C19H23N. The van der Waals surface area contributed by atoms with Crippen LogP contribution in [0.2, 0.25) is 0 Å². The summed E-state index contributed by atoms with van der Waals surface area (Å²) in [5, 5.41) is 0. The maximum atomic E-state index is 6.62. The molecule has 1 nitrogen and oxygen atoms in total. The van der Waals surface area contributed by atoms with Gasteiger partial charge in [0.05, 0.1) is 0 Å². The number of hydrogen-bond acceptors (Lipinski definition) is 1. The summed E-state index contributed by atoms with van der Waals surface area (Å²) in [6, 6.07) is 15.4. The van der Waals surface area contributed by atoms with Crippen molar-refractivity contribution >= 4 is 0 Å². The molecule has 0 saturated heterocycles. The number of nitrogens with two attached hydrogens (primary N) is 1. The molecule has 0 saturated carbocycles. The molecule has 1 aliphatic carbocycles. The van der Waals surface area contributed by atoms with Gasteiger partial charge >= 0.3 is 0 Å². The summed E-state index contributed by atoms with van der Waals surface area (Å²) in [6.07, 6.45) is 4.67. The van der Waals surface area contributed by atoms with Crippen molar-refractivity contribution in [3.05, 3.63) is 70.3 Å². The quantitative estimate of drug-likeness (QED) is 0.895. The zero-order valence-corrected chi connectivity index (χ0v) is 12.4. The normalized spacial score (nSPS) is 16.8. The van der Waals surface area contributed by atoms with Crippen LogP contribution in [0.15, 0.2) is 42.5 Å². The molecule has 2 aromatic rings. The molecule has 0 bridgehead atoms. The lowest BCUT2D eigenvalue weighted by atomic mass is 9.83. The topological polar surface area (TPSA) is 26.0 Å². The van der Waals surface area contributed by atoms with Gasteiger partial charge in [-0.25, -0.2) is 0 Å². The maximum Gasteiger partial charge on any atom is 0.0424 e. The molecule has 1 atom stereocenters. The predicted molar refractivity (Wildman–Crippen MR) is 84.9 cm³/mol. The molecular weight excluding hydrogens is 242 g/mol. The molecule has 0 aromatic heterocycles. The Morgan fingerprint density at radius 2 is 1.80 bits per heavy atom. The van der Waals surface area contributed by atoms with Gasteiger partial charge in [-0.15, -0.1) is 0 Å². The number of rotatable bonds is 3. The highest BCUT2D eigenvalue weighted by atomic mass is 14.7. The zero-order chi connectivity index (χ0) is 14.2. The Balaban J connectivity index is 1.88. The second-order valence-corrected chi connectivity index (χ2v) is 6.37. The van der Waals surface area contributed by atoms with Crippen LogP contribution in [0.5, 0.6) is 0 Å². The summed E-state index contributed by atoms with van der Waals surface area (Å²) in [6.45, 7) is 4.28. The van der Waals surface area contributed by atoms with Crippen LogP contribution in [0.25, 0.3) is 0 Å². The first kappa shape index (κ1) is 13.4. The van der Waals surface area contributed by atoms with Crippen LogP contribution in [-0.4, -0.2) is 0 Å². The van der Waals surface area contributed by atoms with Crippen LogP contribution >= 0.6 is 0 Å². The minimum atomic E-state index is -0.307. The molecule has 20 heavy (non-hydrogen) atoms. The van der Waals surface area contributed by atoms with Gasteiger partial charge < -0.3 is 5.73 Å². The molecule has 0 fully saturated rings. The molecule has 1 heteroatoms. The second-order valence-electron chi connectivity index (χ2n) is 6.37. The fourth-order valence-electron chi connectivity index (χ4n) is 3.47. The Morgan fingerprint density at radius 3 is 2.60 bits per heavy atom. The zero-order valence-electron chi connectivity index (χ0n) is 12.4. The molecule has 0 radical (unpaired) electrons. The summed E-state index contributed by atoms with van der Waals surface area (Å²) >= 11 is 0. The number of hydrogen-bond donors (Lipinski definition) is 1. The van der Waals surface area contributed by atoms with E-state index in [1.54, 1.807) is 0 Å². The first-order valence-electron chi connectivity index (χ1n) is 7.52. The Kier molecular flexibility index (Phi) is 3.39. The molecule has 0 aliphatic heterocycles. The molecule has 0 amide bonds. The molecule has 0 heterocycles. The van der Waals surface area contributed by atoms with Crippen molar-refractivity contribution in [3.8, 4) is 0 Å². The van der Waals surface area contributed by atoms with Gasteiger partial charge in [0.25, 0.3) is 0 Å². The lowest BCUT2D eigenvalue weighted by Crippen LogP contribution is -2.36. The van der Waals surface area contributed by atoms with Gasteiger partial charge in [-0.3, -0.25) is 0 Å². The Bertz CT molecular complexity index is 625. The van der Waals surface area contributed by atoms with Crippen LogP contribution in [-0.2, 0) is 24.8 Å². The standard InChI is InChI=1S/C19H23N/c1-14-6-3-4-9-18(14)19(2,20)13-15-10-11-16-7-5-8-17(16)12-15/h3-4,6,9-12H,5,7-8,13,20H2,1-2H3. The largest absolute Gasteiger partial charge is 0.321 e. The van der Waals surface area contributed by atoms with Crippen molar-refractivity contribution in [2.75, 3.05) is 0 Å². The SMILES string of the molecule is Cc1ccccc1C(C)(N)Cc1ccc2c(c1)CCC2. The monoisotopic (exact) mass is 265 g/mol. The van der Waals surface area contributed by atoms with Crippen molar-refractivity contribution in [2.24, 2.45) is 5.73 Å². The maximum absolute atomic E-state index is 6.62. The highest BCUT2D eigenvalue weighted by molar-refractivity contribution is 5.38. The summed E-state index contributed by atoms with van der Waals surface area (Å²) in [7, 11) is 0. The molecule has 3 rings (SSSR count). The van der Waals surface area contributed by atoms with Crippen LogP contribution in [0.1, 0.15) is 41.2 Å². The average molecular weight is 265 g/mol. The Hall–Kier alpha value is -1.60. The van der Waals surface area contributed by atoms with Crippen LogP contribution in [0.3, 0.4) is 0 Å². The smallest absolute Gasteiger partial charge is 0.0424 e. The molecule has 2 aromatic carbocycles. The van der Waals surface area contributed by atoms with E-state index in [1.807, 2.05) is 0 Å². The number of benzene rings is 2. The minimum absolute atomic E-state index is 0.307. The molecule has 0 spiro atoms. The van der Waals surface area contributed by atoms with E-state index < -0.39 is 0 Å². The third-order valence-corrected chi connectivity index (χ3v) is 4.49. The van der Waals surface area contributed by atoms with Crippen LogP contribution in [0, 0.1) is 6.92 Å². The summed E-state index contributed by atoms with van der Waals surface area (Å²) in [5.74, 6) is 0. The van der Waals surface area contributed by atoms with E-state index in [0.29, 0.717) is 0 Å². The van der Waals surface area contributed by atoms with Crippen molar-refractivity contribution in [2.45, 2.75) is 45.1 Å². The van der Waals surface area contributed by atoms with Gasteiger partial charge in [-0.2, -0.15) is 0 Å². The summed E-state index contributed by atoms with van der Waals surface area (Å²) in [4.78, 5) is 0. The lowest BCUT2D eigenvalue weighted by molar-refractivity contribution is 0.488. The van der Waals surface area contributed by atoms with Gasteiger partial charge in [0.1, 0.15) is 0 Å². The van der Waals surface area contributed by atoms with Gasteiger partial charge in [0.15, 0.2) is 0 Å². The Labute approximate surface area is 121 Å². The number of fused-ring (bicyclic) bond motifs is 1. The van der Waals surface area contributed by atoms with Crippen molar-refractivity contribution < 1.29 is 0 Å². The predicted octanol–water partition coefficient (Wildman–Crippen LogP) is 3.90. The van der Waals surface area contributed by atoms with E-state index >= 15 is 0 Å². The van der Waals surface area contributed by atoms with Crippen molar-refractivity contribution in [3.63, 3.8) is 0 Å². The fourth-order valence-corrected chi connectivity index (χ4v) is 3.47. The first-order chi connectivity index (χ1) is 9.56. The first-order valence-corrected chi connectivity index (χ1v) is 7.52. The highest BCUT2D eigenvalue weighted by Gasteiger charge is 2.24. The van der Waals surface area contributed by atoms with Crippen molar-refractivity contribution in [1.29, 1.82) is 0 Å². The molecule has 1 unspecified atom stereocenters. The lowest BCUT2D eigenvalue weighted by Gasteiger charge is -2.27. The van der Waals surface area contributed by atoms with E-state index in [-0.39, 0.29) is 5.54 Å². The molecule has 2 N–H and O–H groups in total. The molecule has 1 aliphatic rings. The molecule has 104 valence electrons. The van der Waals surface area contributed by atoms with E-state index in [9.17, 15) is 0 Å². The third-order valence-electron chi connectivity index (χ3n) is 4.49. The van der Waals surface area contributed by atoms with Gasteiger partial charge in [0, 0.05) is 5.54 Å². The van der Waals surface area contributed by atoms with E-state index in [2.05, 4.69) is 56.3 Å². The fraction of sp³-hybridized carbons (Fsp3) is 0.368. The van der Waals surface area contributed by atoms with Gasteiger partial charge in [0.2, 0.25) is 0 Å². The second kappa shape index (κ2) is 5.06. The van der Waals surface area contributed by atoms with E-state index in [4.69, 9.17) is 5.73 Å². The Morgan fingerprint density at radius 1 is 1.05 bits per heavy atom. The van der Waals surface area contributed by atoms with Crippen molar-refractivity contribution in [1.82, 2.24) is 0 Å². The third kappa shape index (κ3) is 2.51. The van der Waals surface area contributed by atoms with E-state index in [1.165, 1.54) is 47.1 Å². The average Bonchev–Trinajstić information content (AvgIpc) is 2.86. The summed E-state index contributed by atoms with van der Waals surface area (Å²) in [5.41, 5.74) is 13.3. The van der Waals surface area contributed by atoms with E-state index in [0.717, 1.165) is 6.42 Å².